The summed E-state index contributed by atoms with van der Waals surface area (Å²) in [5.74, 6) is 0.952. The fourth-order valence-corrected chi connectivity index (χ4v) is 3.96. The Morgan fingerprint density at radius 1 is 1.41 bits per heavy atom. The van der Waals surface area contributed by atoms with Crippen molar-refractivity contribution in [3.63, 3.8) is 0 Å². The summed E-state index contributed by atoms with van der Waals surface area (Å²) in [7, 11) is 0. The highest BCUT2D eigenvalue weighted by Gasteiger charge is 2.31. The lowest BCUT2D eigenvalue weighted by Crippen LogP contribution is -2.45. The average Bonchev–Trinajstić information content (AvgIpc) is 3.09. The van der Waals surface area contributed by atoms with E-state index in [0.717, 1.165) is 37.1 Å². The van der Waals surface area contributed by atoms with Gasteiger partial charge in [-0.2, -0.15) is 0 Å². The number of nitrogens with one attached hydrogen (secondary N) is 1. The molecule has 2 heterocycles. The predicted molar refractivity (Wildman–Crippen MR) is 73.9 cm³/mol. The maximum Gasteiger partial charge on any atom is 0.0561 e. The number of halogens is 1. The lowest BCUT2D eigenvalue weighted by Gasteiger charge is -2.34. The summed E-state index contributed by atoms with van der Waals surface area (Å²) in [6.07, 6.45) is 4.15. The summed E-state index contributed by atoms with van der Waals surface area (Å²) in [5, 5.41) is 6.52. The summed E-state index contributed by atoms with van der Waals surface area (Å²) in [4.78, 5) is 4.01. The van der Waals surface area contributed by atoms with Crippen molar-refractivity contribution in [3.8, 4) is 0 Å². The minimum atomic E-state index is 0.567. The first-order valence-electron chi connectivity index (χ1n) is 6.52. The highest BCUT2D eigenvalue weighted by Crippen LogP contribution is 2.43. The van der Waals surface area contributed by atoms with Gasteiger partial charge in [0.15, 0.2) is 0 Å². The lowest BCUT2D eigenvalue weighted by atomic mass is 10.1. The van der Waals surface area contributed by atoms with E-state index in [9.17, 15) is 0 Å². The summed E-state index contributed by atoms with van der Waals surface area (Å²) in [6, 6.07) is 2.61. The van der Waals surface area contributed by atoms with E-state index in [2.05, 4.69) is 15.6 Å². The number of rotatable bonds is 4. The third-order valence-electron chi connectivity index (χ3n) is 3.79. The molecule has 94 valence electrons. The van der Waals surface area contributed by atoms with Gasteiger partial charge in [0.05, 0.1) is 5.02 Å². The fraction of sp³-hybridized carbons (Fsp3) is 0.692. The van der Waals surface area contributed by atoms with Crippen LogP contribution in [-0.2, 0) is 0 Å². The van der Waals surface area contributed by atoms with Crippen molar-refractivity contribution >= 4 is 22.9 Å². The van der Waals surface area contributed by atoms with E-state index in [0.29, 0.717) is 6.04 Å². The normalized spacial score (nSPS) is 23.8. The standard InChI is InChI=1S/C13H19ClN2S/c14-11-3-8-17-13(11)12(9-10-1-2-10)16-6-4-15-5-7-16/h3,8,10,12,15H,1-2,4-7,9H2/t12-/m1/s1. The second-order valence-electron chi connectivity index (χ2n) is 5.11. The Labute approximate surface area is 112 Å². The molecular formula is C13H19ClN2S. The molecule has 17 heavy (non-hydrogen) atoms. The molecule has 1 aromatic heterocycles. The SMILES string of the molecule is Clc1ccsc1[C@@H](CC1CC1)N1CCNCC1. The third kappa shape index (κ3) is 2.84. The quantitative estimate of drug-likeness (QED) is 0.904. The van der Waals surface area contributed by atoms with Gasteiger partial charge in [-0.25, -0.2) is 0 Å². The van der Waals surface area contributed by atoms with Gasteiger partial charge in [-0.3, -0.25) is 4.90 Å². The summed E-state index contributed by atoms with van der Waals surface area (Å²) >= 11 is 8.15. The molecule has 1 aliphatic heterocycles. The predicted octanol–water partition coefficient (Wildman–Crippen LogP) is 3.15. The van der Waals surface area contributed by atoms with Crippen molar-refractivity contribution in [2.24, 2.45) is 5.92 Å². The molecule has 1 saturated carbocycles. The zero-order chi connectivity index (χ0) is 11.7. The Kier molecular flexibility index (Phi) is 3.71. The first-order valence-corrected chi connectivity index (χ1v) is 7.78. The molecule has 0 spiro atoms. The van der Waals surface area contributed by atoms with Crippen molar-refractivity contribution in [1.29, 1.82) is 0 Å². The minimum Gasteiger partial charge on any atom is -0.314 e. The van der Waals surface area contributed by atoms with Crippen LogP contribution in [0.1, 0.15) is 30.2 Å². The molecule has 0 unspecified atom stereocenters. The molecule has 1 aromatic rings. The largest absolute Gasteiger partial charge is 0.314 e. The van der Waals surface area contributed by atoms with Gasteiger partial charge >= 0.3 is 0 Å². The van der Waals surface area contributed by atoms with Crippen molar-refractivity contribution < 1.29 is 0 Å². The van der Waals surface area contributed by atoms with Gasteiger partial charge in [0.25, 0.3) is 0 Å². The Morgan fingerprint density at radius 2 is 2.18 bits per heavy atom. The van der Waals surface area contributed by atoms with Crippen LogP contribution in [0.4, 0.5) is 0 Å². The third-order valence-corrected chi connectivity index (χ3v) is 5.25. The number of nitrogens with zero attached hydrogens (tertiary/aromatic N) is 1. The van der Waals surface area contributed by atoms with Gasteiger partial charge < -0.3 is 5.32 Å². The molecule has 0 radical (unpaired) electrons. The molecule has 4 heteroatoms. The lowest BCUT2D eigenvalue weighted by molar-refractivity contribution is 0.163. The number of hydrogen-bond acceptors (Lipinski definition) is 3. The summed E-state index contributed by atoms with van der Waals surface area (Å²) < 4.78 is 0. The van der Waals surface area contributed by atoms with Crippen LogP contribution in [0, 0.1) is 5.92 Å². The van der Waals surface area contributed by atoms with E-state index in [1.54, 1.807) is 0 Å². The van der Waals surface area contributed by atoms with E-state index in [1.165, 1.54) is 24.1 Å². The molecule has 1 aliphatic carbocycles. The van der Waals surface area contributed by atoms with Crippen molar-refractivity contribution in [2.45, 2.75) is 25.3 Å². The molecule has 0 bridgehead atoms. The molecular weight excluding hydrogens is 252 g/mol. The van der Waals surface area contributed by atoms with E-state index in [4.69, 9.17) is 11.6 Å². The van der Waals surface area contributed by atoms with Crippen LogP contribution in [0.5, 0.6) is 0 Å². The smallest absolute Gasteiger partial charge is 0.0561 e. The van der Waals surface area contributed by atoms with Crippen LogP contribution in [0.2, 0.25) is 5.02 Å². The second kappa shape index (κ2) is 5.27. The molecule has 2 fully saturated rings. The Morgan fingerprint density at radius 3 is 2.76 bits per heavy atom. The Balaban J connectivity index is 1.77. The summed E-state index contributed by atoms with van der Waals surface area (Å²) in [6.45, 7) is 4.55. The number of hydrogen-bond donors (Lipinski definition) is 1. The minimum absolute atomic E-state index is 0.567. The zero-order valence-electron chi connectivity index (χ0n) is 9.99. The van der Waals surface area contributed by atoms with Crippen LogP contribution < -0.4 is 5.32 Å². The van der Waals surface area contributed by atoms with Crippen LogP contribution in [0.25, 0.3) is 0 Å². The highest BCUT2D eigenvalue weighted by molar-refractivity contribution is 7.10. The van der Waals surface area contributed by atoms with E-state index in [1.807, 2.05) is 17.4 Å². The van der Waals surface area contributed by atoms with Crippen LogP contribution in [0.15, 0.2) is 11.4 Å². The maximum atomic E-state index is 6.33. The topological polar surface area (TPSA) is 15.3 Å². The zero-order valence-corrected chi connectivity index (χ0v) is 11.6. The van der Waals surface area contributed by atoms with Crippen molar-refractivity contribution in [2.75, 3.05) is 26.2 Å². The molecule has 3 rings (SSSR count). The first-order chi connectivity index (χ1) is 8.34. The van der Waals surface area contributed by atoms with Crippen LogP contribution in [0.3, 0.4) is 0 Å². The molecule has 2 nitrogen and oxygen atoms in total. The van der Waals surface area contributed by atoms with E-state index in [-0.39, 0.29) is 0 Å². The van der Waals surface area contributed by atoms with Crippen molar-refractivity contribution in [1.82, 2.24) is 10.2 Å². The van der Waals surface area contributed by atoms with Gasteiger partial charge in [0, 0.05) is 37.1 Å². The Hall–Kier alpha value is -0.0900. The molecule has 0 aromatic carbocycles. The van der Waals surface area contributed by atoms with Gasteiger partial charge in [-0.15, -0.1) is 11.3 Å². The van der Waals surface area contributed by atoms with Gasteiger partial charge in [-0.05, 0) is 23.8 Å². The number of piperazine rings is 1. The fourth-order valence-electron chi connectivity index (χ4n) is 2.63. The first kappa shape index (κ1) is 12.0. The second-order valence-corrected chi connectivity index (χ2v) is 6.47. The molecule has 1 saturated heterocycles. The van der Waals surface area contributed by atoms with Gasteiger partial charge in [-0.1, -0.05) is 24.4 Å². The van der Waals surface area contributed by atoms with E-state index >= 15 is 0 Å². The molecule has 1 N–H and O–H groups in total. The van der Waals surface area contributed by atoms with Gasteiger partial charge in [0.2, 0.25) is 0 Å². The Bertz CT molecular complexity index is 369. The maximum absolute atomic E-state index is 6.33. The van der Waals surface area contributed by atoms with Gasteiger partial charge in [0.1, 0.15) is 0 Å². The average molecular weight is 271 g/mol. The van der Waals surface area contributed by atoms with Crippen LogP contribution in [-0.4, -0.2) is 31.1 Å². The van der Waals surface area contributed by atoms with Crippen molar-refractivity contribution in [3.05, 3.63) is 21.3 Å². The summed E-state index contributed by atoms with van der Waals surface area (Å²) in [5.41, 5.74) is 0. The monoisotopic (exact) mass is 270 g/mol. The molecule has 0 amide bonds. The number of thiophene rings is 1. The highest BCUT2D eigenvalue weighted by atomic mass is 35.5. The molecule has 2 aliphatic rings. The molecule has 1 atom stereocenters. The van der Waals surface area contributed by atoms with E-state index < -0.39 is 0 Å². The van der Waals surface area contributed by atoms with Crippen LogP contribution >= 0.6 is 22.9 Å².